The smallest absolute Gasteiger partial charge is 0.374 e. The van der Waals surface area contributed by atoms with Crippen LogP contribution in [0.25, 0.3) is 11.3 Å². The molecule has 6 nitrogen and oxygen atoms in total. The first-order valence-electron chi connectivity index (χ1n) is 8.59. The minimum absolute atomic E-state index is 0.0421. The van der Waals surface area contributed by atoms with Crippen LogP contribution in [0.4, 0.5) is 4.39 Å². The minimum atomic E-state index is -0.760. The number of rotatable bonds is 8. The van der Waals surface area contributed by atoms with Crippen LogP contribution in [0.3, 0.4) is 0 Å². The van der Waals surface area contributed by atoms with E-state index in [1.807, 2.05) is 30.3 Å². The predicted molar refractivity (Wildman–Crippen MR) is 99.3 cm³/mol. The van der Waals surface area contributed by atoms with E-state index in [4.69, 9.17) is 13.9 Å². The fraction of sp³-hybridized carbons (Fsp3) is 0.143. The molecule has 2 aromatic carbocycles. The van der Waals surface area contributed by atoms with Crippen molar-refractivity contribution in [2.45, 2.75) is 0 Å². The second kappa shape index (κ2) is 9.36. The summed E-state index contributed by atoms with van der Waals surface area (Å²) in [6.45, 7) is 0.139. The molecule has 0 saturated heterocycles. The summed E-state index contributed by atoms with van der Waals surface area (Å²) in [6.07, 6.45) is 0. The summed E-state index contributed by atoms with van der Waals surface area (Å²) in [6, 6.07) is 17.9. The van der Waals surface area contributed by atoms with Gasteiger partial charge in [-0.3, -0.25) is 4.79 Å². The maximum absolute atomic E-state index is 13.0. The molecular weight excluding hydrogens is 365 g/mol. The maximum atomic E-state index is 13.0. The zero-order valence-electron chi connectivity index (χ0n) is 14.9. The van der Waals surface area contributed by atoms with Gasteiger partial charge in [0, 0.05) is 5.56 Å². The molecular formula is C21H18FNO5. The van der Waals surface area contributed by atoms with Crippen LogP contribution < -0.4 is 10.1 Å². The van der Waals surface area contributed by atoms with E-state index in [1.165, 1.54) is 30.3 Å². The molecule has 1 aromatic heterocycles. The molecule has 0 spiro atoms. The maximum Gasteiger partial charge on any atom is 0.374 e. The summed E-state index contributed by atoms with van der Waals surface area (Å²) in [4.78, 5) is 23.7. The van der Waals surface area contributed by atoms with Gasteiger partial charge in [-0.05, 0) is 48.5 Å². The molecule has 3 rings (SSSR count). The first-order chi connectivity index (χ1) is 13.6. The van der Waals surface area contributed by atoms with Crippen molar-refractivity contribution >= 4 is 11.9 Å². The van der Waals surface area contributed by atoms with Gasteiger partial charge in [0.2, 0.25) is 5.76 Å². The number of nitrogens with one attached hydrogen (secondary N) is 1. The molecule has 0 aliphatic rings. The topological polar surface area (TPSA) is 77.8 Å². The van der Waals surface area contributed by atoms with Crippen LogP contribution in [0.5, 0.6) is 5.75 Å². The van der Waals surface area contributed by atoms with Crippen LogP contribution in [-0.4, -0.2) is 31.6 Å². The fourth-order valence-electron chi connectivity index (χ4n) is 2.35. The van der Waals surface area contributed by atoms with Gasteiger partial charge in [0.05, 0.1) is 6.54 Å². The SMILES string of the molecule is O=C(COC(=O)c1ccc(-c2ccc(F)cc2)o1)NCCOc1ccccc1. The summed E-state index contributed by atoms with van der Waals surface area (Å²) in [7, 11) is 0. The normalized spacial score (nSPS) is 10.3. The third-order valence-corrected chi connectivity index (χ3v) is 3.71. The number of para-hydroxylation sites is 1. The van der Waals surface area contributed by atoms with Crippen molar-refractivity contribution < 1.29 is 27.9 Å². The van der Waals surface area contributed by atoms with Gasteiger partial charge >= 0.3 is 5.97 Å². The highest BCUT2D eigenvalue weighted by molar-refractivity contribution is 5.89. The lowest BCUT2D eigenvalue weighted by Crippen LogP contribution is -2.32. The molecule has 0 aliphatic heterocycles. The number of benzene rings is 2. The largest absolute Gasteiger partial charge is 0.492 e. The first kappa shape index (κ1) is 19.2. The van der Waals surface area contributed by atoms with Gasteiger partial charge < -0.3 is 19.2 Å². The standard InChI is InChI=1S/C21H18FNO5/c22-16-8-6-15(7-9-16)18-10-11-19(28-18)21(25)27-14-20(24)23-12-13-26-17-4-2-1-3-5-17/h1-11H,12-14H2,(H,23,24). The van der Waals surface area contributed by atoms with E-state index < -0.39 is 18.5 Å². The number of hydrogen-bond donors (Lipinski definition) is 1. The lowest BCUT2D eigenvalue weighted by atomic mass is 10.2. The Hall–Kier alpha value is -3.61. The van der Waals surface area contributed by atoms with Crippen molar-refractivity contribution in [3.8, 4) is 17.1 Å². The average molecular weight is 383 g/mol. The molecule has 0 radical (unpaired) electrons. The van der Waals surface area contributed by atoms with Crippen molar-refractivity contribution in [3.63, 3.8) is 0 Å². The average Bonchev–Trinajstić information content (AvgIpc) is 3.21. The highest BCUT2D eigenvalue weighted by Crippen LogP contribution is 2.22. The van der Waals surface area contributed by atoms with Gasteiger partial charge in [0.15, 0.2) is 6.61 Å². The third kappa shape index (κ3) is 5.44. The molecule has 0 aliphatic carbocycles. The number of esters is 1. The number of hydrogen-bond acceptors (Lipinski definition) is 5. The molecule has 1 N–H and O–H groups in total. The minimum Gasteiger partial charge on any atom is -0.492 e. The van der Waals surface area contributed by atoms with E-state index in [0.717, 1.165) is 0 Å². The molecule has 7 heteroatoms. The predicted octanol–water partition coefficient (Wildman–Crippen LogP) is 3.44. The molecule has 0 saturated carbocycles. The van der Waals surface area contributed by atoms with Gasteiger partial charge in [-0.25, -0.2) is 9.18 Å². The van der Waals surface area contributed by atoms with E-state index >= 15 is 0 Å². The molecule has 1 amide bonds. The van der Waals surface area contributed by atoms with E-state index in [-0.39, 0.29) is 18.1 Å². The fourth-order valence-corrected chi connectivity index (χ4v) is 2.35. The van der Waals surface area contributed by atoms with Crippen molar-refractivity contribution in [2.24, 2.45) is 0 Å². The Balaban J connectivity index is 1.40. The van der Waals surface area contributed by atoms with Gasteiger partial charge in [-0.2, -0.15) is 0 Å². The number of ether oxygens (including phenoxy) is 2. The molecule has 0 bridgehead atoms. The van der Waals surface area contributed by atoms with Crippen LogP contribution in [0.1, 0.15) is 10.6 Å². The number of amides is 1. The number of carbonyl (C=O) groups excluding carboxylic acids is 2. The van der Waals surface area contributed by atoms with Crippen LogP contribution in [0.15, 0.2) is 71.1 Å². The molecule has 3 aromatic rings. The first-order valence-corrected chi connectivity index (χ1v) is 8.59. The Morgan fingerprint density at radius 1 is 0.964 bits per heavy atom. The van der Waals surface area contributed by atoms with Crippen molar-refractivity contribution in [1.29, 1.82) is 0 Å². The van der Waals surface area contributed by atoms with Crippen molar-refractivity contribution in [2.75, 3.05) is 19.8 Å². The Morgan fingerprint density at radius 3 is 2.46 bits per heavy atom. The molecule has 144 valence electrons. The van der Waals surface area contributed by atoms with Crippen LogP contribution >= 0.6 is 0 Å². The van der Waals surface area contributed by atoms with E-state index in [2.05, 4.69) is 5.32 Å². The number of carbonyl (C=O) groups is 2. The van der Waals surface area contributed by atoms with Crippen molar-refractivity contribution in [1.82, 2.24) is 5.32 Å². The third-order valence-electron chi connectivity index (χ3n) is 3.71. The van der Waals surface area contributed by atoms with Crippen LogP contribution in [-0.2, 0) is 9.53 Å². The number of furan rings is 1. The molecule has 0 atom stereocenters. The van der Waals surface area contributed by atoms with Gasteiger partial charge in [-0.15, -0.1) is 0 Å². The summed E-state index contributed by atoms with van der Waals surface area (Å²) >= 11 is 0. The Labute approximate surface area is 160 Å². The molecule has 0 fully saturated rings. The summed E-state index contributed by atoms with van der Waals surface area (Å²) in [5.41, 5.74) is 0.622. The van der Waals surface area contributed by atoms with E-state index in [9.17, 15) is 14.0 Å². The van der Waals surface area contributed by atoms with E-state index in [1.54, 1.807) is 6.07 Å². The Kier molecular flexibility index (Phi) is 6.41. The Bertz CT molecular complexity index is 921. The Morgan fingerprint density at radius 2 is 1.71 bits per heavy atom. The van der Waals surface area contributed by atoms with Crippen LogP contribution in [0, 0.1) is 5.82 Å². The summed E-state index contributed by atoms with van der Waals surface area (Å²) in [5.74, 6) is -0.513. The summed E-state index contributed by atoms with van der Waals surface area (Å²) < 4.78 is 28.7. The molecule has 1 heterocycles. The monoisotopic (exact) mass is 383 g/mol. The second-order valence-corrected chi connectivity index (χ2v) is 5.76. The molecule has 0 unspecified atom stereocenters. The van der Waals surface area contributed by atoms with Crippen molar-refractivity contribution in [3.05, 3.63) is 78.3 Å². The zero-order valence-corrected chi connectivity index (χ0v) is 14.9. The van der Waals surface area contributed by atoms with Gasteiger partial charge in [0.1, 0.15) is 23.9 Å². The second-order valence-electron chi connectivity index (χ2n) is 5.76. The number of halogens is 1. The van der Waals surface area contributed by atoms with Gasteiger partial charge in [-0.1, -0.05) is 18.2 Å². The van der Waals surface area contributed by atoms with Gasteiger partial charge in [0.25, 0.3) is 5.91 Å². The van der Waals surface area contributed by atoms with E-state index in [0.29, 0.717) is 23.7 Å². The summed E-state index contributed by atoms with van der Waals surface area (Å²) in [5, 5.41) is 2.59. The lowest BCUT2D eigenvalue weighted by molar-refractivity contribution is -0.124. The highest BCUT2D eigenvalue weighted by Gasteiger charge is 2.15. The lowest BCUT2D eigenvalue weighted by Gasteiger charge is -2.07. The highest BCUT2D eigenvalue weighted by atomic mass is 19.1. The van der Waals surface area contributed by atoms with Crippen LogP contribution in [0.2, 0.25) is 0 Å². The quantitative estimate of drug-likeness (QED) is 0.476. The molecule has 28 heavy (non-hydrogen) atoms. The zero-order chi connectivity index (χ0) is 19.8.